The minimum absolute atomic E-state index is 0.715. The summed E-state index contributed by atoms with van der Waals surface area (Å²) >= 11 is 0. The van der Waals surface area contributed by atoms with E-state index >= 15 is 0 Å². The van der Waals surface area contributed by atoms with Gasteiger partial charge in [-0.25, -0.2) is 9.97 Å². The lowest BCUT2D eigenvalue weighted by Gasteiger charge is -2.10. The van der Waals surface area contributed by atoms with Crippen molar-refractivity contribution in [2.24, 2.45) is 0 Å². The zero-order valence-corrected chi connectivity index (χ0v) is 56.8. The molecule has 2 aliphatic rings. The molecule has 0 unspecified atom stereocenters. The quantitative estimate of drug-likeness (QED) is 0.0370. The van der Waals surface area contributed by atoms with E-state index in [0.29, 0.717) is 26.4 Å². The number of nitrogens with zero attached hydrogens (tertiary/aromatic N) is 2. The van der Waals surface area contributed by atoms with E-state index in [9.17, 15) is 0 Å². The van der Waals surface area contributed by atoms with Crippen LogP contribution in [0.5, 0.6) is 23.0 Å². The van der Waals surface area contributed by atoms with E-state index in [-0.39, 0.29) is 0 Å². The Kier molecular flexibility index (Phi) is 29.5. The fourth-order valence-electron chi connectivity index (χ4n) is 13.0. The van der Waals surface area contributed by atoms with Gasteiger partial charge in [0.25, 0.3) is 0 Å². The Morgan fingerprint density at radius 2 is 0.413 bits per heavy atom. The van der Waals surface area contributed by atoms with Crippen LogP contribution in [0.1, 0.15) is 256 Å². The van der Waals surface area contributed by atoms with Crippen LogP contribution in [-0.4, -0.2) is 46.4 Å². The topological polar surface area (TPSA) is 94.3 Å². The molecule has 8 heteroatoms. The van der Waals surface area contributed by atoms with Gasteiger partial charge < -0.3 is 28.9 Å². The highest BCUT2D eigenvalue weighted by molar-refractivity contribution is 6.00. The van der Waals surface area contributed by atoms with Gasteiger partial charge in [-0.3, -0.25) is 0 Å². The third-order valence-corrected chi connectivity index (χ3v) is 18.4. The van der Waals surface area contributed by atoms with Crippen molar-refractivity contribution in [1.82, 2.24) is 19.9 Å². The number of hydrogen-bond acceptors (Lipinski definition) is 6. The van der Waals surface area contributed by atoms with Crippen LogP contribution in [0.25, 0.3) is 90.9 Å². The molecule has 0 saturated carbocycles. The highest BCUT2D eigenvalue weighted by Gasteiger charge is 2.20. The summed E-state index contributed by atoms with van der Waals surface area (Å²) in [6, 6.07) is 43.3. The smallest absolute Gasteiger partial charge is 0.119 e. The van der Waals surface area contributed by atoms with E-state index in [0.717, 1.165) is 138 Å². The molecule has 0 aliphatic carbocycles. The molecule has 8 nitrogen and oxygen atoms in total. The first kappa shape index (κ1) is 69.0. The molecule has 0 amide bonds. The van der Waals surface area contributed by atoms with E-state index in [4.69, 9.17) is 28.9 Å². The van der Waals surface area contributed by atoms with Gasteiger partial charge in [-0.2, -0.15) is 0 Å². The Morgan fingerprint density at radius 1 is 0.228 bits per heavy atom. The number of H-pyrrole nitrogens is 2. The van der Waals surface area contributed by atoms with Gasteiger partial charge in [0.15, 0.2) is 0 Å². The Balaban J connectivity index is 1.10. The number of ether oxygens (including phenoxy) is 4. The number of rotatable bonds is 44. The van der Waals surface area contributed by atoms with Gasteiger partial charge in [-0.15, -0.1) is 0 Å². The molecule has 2 N–H and O–H groups in total. The van der Waals surface area contributed by atoms with Crippen molar-refractivity contribution >= 4 is 46.4 Å². The molecule has 92 heavy (non-hydrogen) atoms. The van der Waals surface area contributed by atoms with E-state index in [1.165, 1.54) is 180 Å². The van der Waals surface area contributed by atoms with Crippen LogP contribution < -0.4 is 18.9 Å². The molecule has 7 aromatic rings. The predicted molar refractivity (Wildman–Crippen MR) is 393 cm³/mol. The van der Waals surface area contributed by atoms with E-state index in [1.54, 1.807) is 0 Å². The molecule has 0 saturated heterocycles. The molecular formula is C84H110N4O4. The minimum Gasteiger partial charge on any atom is -0.494 e. The van der Waals surface area contributed by atoms with Crippen LogP contribution >= 0.6 is 0 Å². The summed E-state index contributed by atoms with van der Waals surface area (Å²) in [5.74, 6) is 3.52. The Labute approximate surface area is 553 Å². The Morgan fingerprint density at radius 3 is 0.609 bits per heavy atom. The molecule has 0 radical (unpaired) electrons. The number of hydrogen-bond donors (Lipinski definition) is 2. The monoisotopic (exact) mass is 1240 g/mol. The molecule has 0 atom stereocenters. The maximum Gasteiger partial charge on any atom is 0.119 e. The predicted octanol–water partition coefficient (Wildman–Crippen LogP) is 25.4. The van der Waals surface area contributed by atoms with Crippen LogP contribution in [-0.2, 0) is 0 Å². The molecule has 0 fully saturated rings. The number of nitrogens with one attached hydrogen (secondary N) is 2. The number of benzene rings is 4. The van der Waals surface area contributed by atoms with Crippen LogP contribution in [0.3, 0.4) is 0 Å². The van der Waals surface area contributed by atoms with Crippen molar-refractivity contribution in [3.05, 3.63) is 144 Å². The molecule has 3 aromatic heterocycles. The summed E-state index contributed by atoms with van der Waals surface area (Å²) in [4.78, 5) is 19.2. The summed E-state index contributed by atoms with van der Waals surface area (Å²) < 4.78 is 25.5. The van der Waals surface area contributed by atoms with Crippen LogP contribution in [0.4, 0.5) is 0 Å². The third-order valence-electron chi connectivity index (χ3n) is 18.4. The van der Waals surface area contributed by atoms with Gasteiger partial charge in [0.1, 0.15) is 23.0 Å². The second kappa shape index (κ2) is 39.3. The maximum absolute atomic E-state index is 6.39. The average Bonchev–Trinajstić information content (AvgIpc) is 1.63. The lowest BCUT2D eigenvalue weighted by Crippen LogP contribution is -1.97. The molecule has 9 rings (SSSR count). The Hall–Kier alpha value is -7.32. The average molecular weight is 1240 g/mol. The zero-order chi connectivity index (χ0) is 63.6. The van der Waals surface area contributed by atoms with Gasteiger partial charge in [0.05, 0.1) is 49.2 Å². The van der Waals surface area contributed by atoms with Crippen molar-refractivity contribution in [2.45, 2.75) is 233 Å². The third kappa shape index (κ3) is 21.4. The SMILES string of the molecule is CCCCCCCCCCOc1ccc(-c2c3nc(c(-c4ccc(OCCCCCCCCCC)cc4)c4ccc([nH]4)c(-c4ccc(OCCCCCCCCCC)cc4)c4nc(c(-c5ccc(OCCCCCCCCCC)cc5)c5ccc2[nH]5)C=C4)C=C3)cc1. The molecule has 2 aliphatic heterocycles. The fraction of sp³-hybridized carbons (Fsp3) is 0.476. The second-order valence-corrected chi connectivity index (χ2v) is 25.9. The lowest BCUT2D eigenvalue weighted by atomic mass is 10.0. The largest absolute Gasteiger partial charge is 0.494 e. The van der Waals surface area contributed by atoms with Gasteiger partial charge in [-0.1, -0.05) is 256 Å². The minimum atomic E-state index is 0.715. The van der Waals surface area contributed by atoms with Gasteiger partial charge in [0.2, 0.25) is 0 Å². The highest BCUT2D eigenvalue weighted by atomic mass is 16.5. The standard InChI is InChI=1S/C84H110N4O4/c1-5-9-13-17-21-25-29-33-61-89-69-45-37-65(38-46-69)81-73-53-55-75(85-73)82(66-39-47-70(48-40-66)90-62-34-30-26-22-18-14-10-6-2)77-57-59-79(87-77)84(68-43-51-72(52-44-68)92-64-36-32-28-24-20-16-12-8-4)80-60-58-78(88-80)83(76-56-54-74(81)86-76)67-41-49-71(50-42-67)91-63-35-31-27-23-19-15-11-7-3/h37-60,85,88H,5-36,61-64H2,1-4H3. The fourth-order valence-corrected chi connectivity index (χ4v) is 13.0. The molecule has 5 heterocycles. The summed E-state index contributed by atoms with van der Waals surface area (Å²) in [5.41, 5.74) is 15.5. The normalized spacial score (nSPS) is 11.9. The number of aromatic amines is 2. The van der Waals surface area contributed by atoms with Gasteiger partial charge in [0, 0.05) is 44.3 Å². The molecule has 4 aromatic carbocycles. The van der Waals surface area contributed by atoms with Gasteiger partial charge in [-0.05, 0) is 145 Å². The van der Waals surface area contributed by atoms with E-state index < -0.39 is 0 Å². The van der Waals surface area contributed by atoms with Gasteiger partial charge >= 0.3 is 0 Å². The first-order valence-corrected chi connectivity index (χ1v) is 36.6. The highest BCUT2D eigenvalue weighted by Crippen LogP contribution is 2.40. The second-order valence-electron chi connectivity index (χ2n) is 25.9. The van der Waals surface area contributed by atoms with Crippen molar-refractivity contribution in [1.29, 1.82) is 0 Å². The summed E-state index contributed by atoms with van der Waals surface area (Å²) in [6.45, 7) is 12.0. The van der Waals surface area contributed by atoms with Crippen LogP contribution in [0, 0.1) is 0 Å². The van der Waals surface area contributed by atoms with E-state index in [1.807, 2.05) is 0 Å². The lowest BCUT2D eigenvalue weighted by molar-refractivity contribution is 0.304. The molecule has 490 valence electrons. The van der Waals surface area contributed by atoms with Crippen molar-refractivity contribution in [3.8, 4) is 67.5 Å². The van der Waals surface area contributed by atoms with Crippen LogP contribution in [0.2, 0.25) is 0 Å². The molecule has 8 bridgehead atoms. The van der Waals surface area contributed by atoms with Crippen molar-refractivity contribution in [2.75, 3.05) is 26.4 Å². The van der Waals surface area contributed by atoms with E-state index in [2.05, 4.69) is 183 Å². The first-order valence-electron chi connectivity index (χ1n) is 36.6. The zero-order valence-electron chi connectivity index (χ0n) is 56.8. The van der Waals surface area contributed by atoms with Crippen LogP contribution in [0.15, 0.2) is 121 Å². The summed E-state index contributed by atoms with van der Waals surface area (Å²) in [7, 11) is 0. The number of fused-ring (bicyclic) bond motifs is 8. The molecule has 0 spiro atoms. The Bertz CT molecular complexity index is 3030. The number of aromatic nitrogens is 4. The number of unbranched alkanes of at least 4 members (excludes halogenated alkanes) is 28. The summed E-state index contributed by atoms with van der Waals surface area (Å²) in [5, 5.41) is 0. The molecular weight excluding hydrogens is 1130 g/mol. The van der Waals surface area contributed by atoms with Crippen molar-refractivity contribution in [3.63, 3.8) is 0 Å². The maximum atomic E-state index is 6.39. The summed E-state index contributed by atoms with van der Waals surface area (Å²) in [6.07, 6.45) is 49.3. The van der Waals surface area contributed by atoms with Crippen molar-refractivity contribution < 1.29 is 18.9 Å². The first-order chi connectivity index (χ1) is 45.5.